The number of likely N-dealkylation sites (tertiary alicyclic amines) is 1. The number of aromatic nitrogens is 3. The van der Waals surface area contributed by atoms with Crippen LogP contribution in [0.3, 0.4) is 0 Å². The molecule has 0 radical (unpaired) electrons. The van der Waals surface area contributed by atoms with Crippen molar-refractivity contribution < 1.29 is 9.53 Å². The molecule has 2 aromatic rings. The first kappa shape index (κ1) is 15.2. The molecular formula is C18H22N4O2. The summed E-state index contributed by atoms with van der Waals surface area (Å²) in [4.78, 5) is 15.0. The van der Waals surface area contributed by atoms with Crippen LogP contribution in [-0.2, 0) is 11.2 Å². The maximum atomic E-state index is 12.9. The minimum absolute atomic E-state index is 0.0279. The lowest BCUT2D eigenvalue weighted by molar-refractivity contribution is -0.137. The van der Waals surface area contributed by atoms with E-state index in [1.165, 1.54) is 0 Å². The summed E-state index contributed by atoms with van der Waals surface area (Å²) >= 11 is 0. The van der Waals surface area contributed by atoms with Crippen LogP contribution in [0.1, 0.15) is 30.9 Å². The molecule has 4 rings (SSSR count). The first-order valence-electron chi connectivity index (χ1n) is 8.65. The zero-order valence-electron chi connectivity index (χ0n) is 13.7. The molecular weight excluding hydrogens is 304 g/mol. The second kappa shape index (κ2) is 6.63. The van der Waals surface area contributed by atoms with Crippen LogP contribution in [-0.4, -0.2) is 45.3 Å². The van der Waals surface area contributed by atoms with Crippen molar-refractivity contribution in [3.63, 3.8) is 0 Å². The van der Waals surface area contributed by atoms with Gasteiger partial charge in [0.15, 0.2) is 0 Å². The lowest BCUT2D eigenvalue weighted by Gasteiger charge is -2.34. The van der Waals surface area contributed by atoms with Crippen molar-refractivity contribution in [1.29, 1.82) is 0 Å². The monoisotopic (exact) mass is 326 g/mol. The van der Waals surface area contributed by atoms with Crippen LogP contribution < -0.4 is 4.74 Å². The Morgan fingerprint density at radius 2 is 1.83 bits per heavy atom. The van der Waals surface area contributed by atoms with Crippen LogP contribution >= 0.6 is 0 Å². The number of piperidine rings is 1. The molecule has 0 unspecified atom stereocenters. The fourth-order valence-electron chi connectivity index (χ4n) is 3.74. The summed E-state index contributed by atoms with van der Waals surface area (Å²) in [7, 11) is 0. The molecule has 2 aliphatic heterocycles. The number of carbonyl (C=O) groups is 1. The van der Waals surface area contributed by atoms with Gasteiger partial charge in [0.25, 0.3) is 0 Å². The van der Waals surface area contributed by atoms with Crippen LogP contribution in [0, 0.1) is 5.92 Å². The van der Waals surface area contributed by atoms with Crippen molar-refractivity contribution in [2.24, 2.45) is 5.92 Å². The minimum Gasteiger partial charge on any atom is -0.493 e. The third kappa shape index (κ3) is 3.00. The SMILES string of the molecule is O=C([C@H]1CCOc2ccccc2C1)N1CCC(n2cnnc2)CC1. The van der Waals surface area contributed by atoms with E-state index in [9.17, 15) is 4.79 Å². The van der Waals surface area contributed by atoms with Gasteiger partial charge in [-0.3, -0.25) is 4.79 Å². The average Bonchev–Trinajstić information content (AvgIpc) is 3.08. The van der Waals surface area contributed by atoms with Gasteiger partial charge in [-0.15, -0.1) is 10.2 Å². The lowest BCUT2D eigenvalue weighted by Crippen LogP contribution is -2.42. The number of benzene rings is 1. The summed E-state index contributed by atoms with van der Waals surface area (Å²) < 4.78 is 7.85. The second-order valence-electron chi connectivity index (χ2n) is 6.61. The Morgan fingerprint density at radius 3 is 2.62 bits per heavy atom. The lowest BCUT2D eigenvalue weighted by atomic mass is 9.94. The number of carbonyl (C=O) groups excluding carboxylic acids is 1. The van der Waals surface area contributed by atoms with Crippen LogP contribution in [0.2, 0.25) is 0 Å². The van der Waals surface area contributed by atoms with Crippen molar-refractivity contribution in [2.75, 3.05) is 19.7 Å². The Morgan fingerprint density at radius 1 is 1.08 bits per heavy atom. The van der Waals surface area contributed by atoms with E-state index in [4.69, 9.17) is 4.74 Å². The van der Waals surface area contributed by atoms with Gasteiger partial charge in [0, 0.05) is 25.0 Å². The largest absolute Gasteiger partial charge is 0.493 e. The Balaban J connectivity index is 1.40. The van der Waals surface area contributed by atoms with Crippen LogP contribution in [0.5, 0.6) is 5.75 Å². The summed E-state index contributed by atoms with van der Waals surface area (Å²) in [5.74, 6) is 1.23. The zero-order valence-corrected chi connectivity index (χ0v) is 13.7. The summed E-state index contributed by atoms with van der Waals surface area (Å²) in [6, 6.07) is 8.46. The number of fused-ring (bicyclic) bond motifs is 1. The summed E-state index contributed by atoms with van der Waals surface area (Å²) in [6.07, 6.45) is 7.02. The third-order valence-corrected chi connectivity index (χ3v) is 5.15. The van der Waals surface area contributed by atoms with Crippen molar-refractivity contribution >= 4 is 5.91 Å². The topological polar surface area (TPSA) is 60.2 Å². The number of nitrogens with zero attached hydrogens (tertiary/aromatic N) is 4. The third-order valence-electron chi connectivity index (χ3n) is 5.15. The van der Waals surface area contributed by atoms with E-state index in [2.05, 4.69) is 20.8 Å². The van der Waals surface area contributed by atoms with Gasteiger partial charge < -0.3 is 14.2 Å². The van der Waals surface area contributed by atoms with Gasteiger partial charge in [-0.05, 0) is 37.3 Å². The number of hydrogen-bond acceptors (Lipinski definition) is 4. The second-order valence-corrected chi connectivity index (χ2v) is 6.61. The fraction of sp³-hybridized carbons (Fsp3) is 0.500. The van der Waals surface area contributed by atoms with Crippen molar-refractivity contribution in [1.82, 2.24) is 19.7 Å². The van der Waals surface area contributed by atoms with Gasteiger partial charge in [0.2, 0.25) is 5.91 Å². The number of hydrogen-bond donors (Lipinski definition) is 0. The highest BCUT2D eigenvalue weighted by molar-refractivity contribution is 5.79. The van der Waals surface area contributed by atoms with Gasteiger partial charge in [-0.2, -0.15) is 0 Å². The molecule has 1 atom stereocenters. The van der Waals surface area contributed by atoms with E-state index in [0.717, 1.165) is 50.1 Å². The highest BCUT2D eigenvalue weighted by Crippen LogP contribution is 2.29. The number of ether oxygens (including phenoxy) is 1. The van der Waals surface area contributed by atoms with Gasteiger partial charge in [0.05, 0.1) is 6.61 Å². The highest BCUT2D eigenvalue weighted by Gasteiger charge is 2.30. The molecule has 2 aliphatic rings. The molecule has 0 bridgehead atoms. The number of rotatable bonds is 2. The summed E-state index contributed by atoms with van der Waals surface area (Å²) in [6.45, 7) is 2.23. The minimum atomic E-state index is 0.0279. The maximum Gasteiger partial charge on any atom is 0.226 e. The smallest absolute Gasteiger partial charge is 0.226 e. The van der Waals surface area contributed by atoms with Crippen LogP contribution in [0.15, 0.2) is 36.9 Å². The van der Waals surface area contributed by atoms with E-state index in [1.807, 2.05) is 23.1 Å². The molecule has 24 heavy (non-hydrogen) atoms. The standard InChI is InChI=1S/C18H22N4O2/c23-18(15-7-10-24-17-4-2-1-3-14(17)11-15)21-8-5-16(6-9-21)22-12-19-20-13-22/h1-4,12-13,15-16H,5-11H2/t15-/m0/s1. The Hall–Kier alpha value is -2.37. The molecule has 1 fully saturated rings. The van der Waals surface area contributed by atoms with Crippen molar-refractivity contribution in [3.05, 3.63) is 42.5 Å². The fourth-order valence-corrected chi connectivity index (χ4v) is 3.74. The molecule has 126 valence electrons. The molecule has 0 N–H and O–H groups in total. The van der Waals surface area contributed by atoms with E-state index in [0.29, 0.717) is 12.6 Å². The van der Waals surface area contributed by atoms with E-state index >= 15 is 0 Å². The van der Waals surface area contributed by atoms with E-state index in [-0.39, 0.29) is 11.8 Å². The first-order valence-corrected chi connectivity index (χ1v) is 8.65. The molecule has 1 saturated heterocycles. The van der Waals surface area contributed by atoms with Crippen molar-refractivity contribution in [3.8, 4) is 5.75 Å². The first-order chi connectivity index (χ1) is 11.8. The molecule has 1 aromatic heterocycles. The zero-order chi connectivity index (χ0) is 16.4. The maximum absolute atomic E-state index is 12.9. The predicted molar refractivity (Wildman–Crippen MR) is 88.6 cm³/mol. The number of amides is 1. The molecule has 6 heteroatoms. The van der Waals surface area contributed by atoms with Crippen molar-refractivity contribution in [2.45, 2.75) is 31.7 Å². The number of para-hydroxylation sites is 1. The summed E-state index contributed by atoms with van der Waals surface area (Å²) in [5.41, 5.74) is 1.15. The predicted octanol–water partition coefficient (Wildman–Crippen LogP) is 2.08. The van der Waals surface area contributed by atoms with E-state index < -0.39 is 0 Å². The van der Waals surface area contributed by atoms with Gasteiger partial charge in [0.1, 0.15) is 18.4 Å². The Kier molecular flexibility index (Phi) is 4.19. The molecule has 3 heterocycles. The molecule has 1 aromatic carbocycles. The van der Waals surface area contributed by atoms with Gasteiger partial charge >= 0.3 is 0 Å². The Labute approximate surface area is 141 Å². The molecule has 6 nitrogen and oxygen atoms in total. The van der Waals surface area contributed by atoms with Crippen LogP contribution in [0.25, 0.3) is 0 Å². The summed E-state index contributed by atoms with van der Waals surface area (Å²) in [5, 5.41) is 7.75. The highest BCUT2D eigenvalue weighted by atomic mass is 16.5. The van der Waals surface area contributed by atoms with E-state index in [1.54, 1.807) is 12.7 Å². The van der Waals surface area contributed by atoms with Gasteiger partial charge in [-0.1, -0.05) is 18.2 Å². The molecule has 0 saturated carbocycles. The van der Waals surface area contributed by atoms with Crippen LogP contribution in [0.4, 0.5) is 0 Å². The average molecular weight is 326 g/mol. The molecule has 0 aliphatic carbocycles. The quantitative estimate of drug-likeness (QED) is 0.848. The van der Waals surface area contributed by atoms with Gasteiger partial charge in [-0.25, -0.2) is 0 Å². The molecule has 1 amide bonds. The Bertz CT molecular complexity index is 693. The normalized spacial score (nSPS) is 21.7. The molecule has 0 spiro atoms.